The highest BCUT2D eigenvalue weighted by molar-refractivity contribution is 5.89. The van der Waals surface area contributed by atoms with Crippen molar-refractivity contribution in [2.45, 2.75) is 6.92 Å². The van der Waals surface area contributed by atoms with Crippen molar-refractivity contribution in [1.29, 1.82) is 0 Å². The molecule has 2 heterocycles. The Labute approximate surface area is 92.6 Å². The lowest BCUT2D eigenvalue weighted by atomic mass is 10.4. The van der Waals surface area contributed by atoms with Crippen molar-refractivity contribution < 1.29 is 14.3 Å². The molecular formula is C11H12N2O3. The molecule has 0 radical (unpaired) electrons. The lowest BCUT2D eigenvalue weighted by molar-refractivity contribution is 0.0518. The molecule has 2 rings (SSSR count). The summed E-state index contributed by atoms with van der Waals surface area (Å²) in [4.78, 5) is 15.8. The molecular weight excluding hydrogens is 208 g/mol. The number of esters is 1. The van der Waals surface area contributed by atoms with Crippen molar-refractivity contribution in [1.82, 2.24) is 9.38 Å². The van der Waals surface area contributed by atoms with E-state index < -0.39 is 0 Å². The highest BCUT2D eigenvalue weighted by Crippen LogP contribution is 2.14. The molecule has 0 N–H and O–H groups in total. The molecule has 0 aliphatic heterocycles. The van der Waals surface area contributed by atoms with E-state index in [0.29, 0.717) is 23.7 Å². The number of carbonyl (C=O) groups is 1. The fourth-order valence-corrected chi connectivity index (χ4v) is 1.45. The molecule has 0 atom stereocenters. The van der Waals surface area contributed by atoms with Crippen molar-refractivity contribution in [2.24, 2.45) is 0 Å². The number of carbonyl (C=O) groups excluding carboxylic acids is 1. The molecule has 0 aliphatic rings. The standard InChI is InChI=1S/C11H12N2O3/c1-3-16-11(14)9-4-5-10-12-6-8(15-2)7-13(9)10/h4-7H,3H2,1-2H3. The Bertz CT molecular complexity index is 519. The van der Waals surface area contributed by atoms with Gasteiger partial charge in [-0.2, -0.15) is 0 Å². The van der Waals surface area contributed by atoms with Crippen LogP contribution in [-0.2, 0) is 4.74 Å². The van der Waals surface area contributed by atoms with Gasteiger partial charge in [-0.25, -0.2) is 9.78 Å². The topological polar surface area (TPSA) is 52.8 Å². The van der Waals surface area contributed by atoms with Gasteiger partial charge in [0.1, 0.15) is 11.3 Å². The van der Waals surface area contributed by atoms with Gasteiger partial charge in [-0.15, -0.1) is 0 Å². The number of nitrogens with zero attached hydrogens (tertiary/aromatic N) is 2. The highest BCUT2D eigenvalue weighted by Gasteiger charge is 2.12. The van der Waals surface area contributed by atoms with E-state index in [1.807, 2.05) is 0 Å². The Morgan fingerprint density at radius 2 is 2.31 bits per heavy atom. The third-order valence-electron chi connectivity index (χ3n) is 2.20. The number of methoxy groups -OCH3 is 1. The Morgan fingerprint density at radius 3 is 3.00 bits per heavy atom. The second kappa shape index (κ2) is 4.22. The molecule has 0 aliphatic carbocycles. The minimum atomic E-state index is -0.363. The van der Waals surface area contributed by atoms with E-state index in [1.165, 1.54) is 0 Å². The number of hydrogen-bond donors (Lipinski definition) is 0. The fourth-order valence-electron chi connectivity index (χ4n) is 1.45. The molecule has 2 aromatic heterocycles. The zero-order valence-corrected chi connectivity index (χ0v) is 9.14. The molecule has 0 bridgehead atoms. The van der Waals surface area contributed by atoms with E-state index in [-0.39, 0.29) is 5.97 Å². The summed E-state index contributed by atoms with van der Waals surface area (Å²) < 4.78 is 11.6. The predicted molar refractivity (Wildman–Crippen MR) is 57.7 cm³/mol. The van der Waals surface area contributed by atoms with Gasteiger partial charge in [-0.1, -0.05) is 0 Å². The summed E-state index contributed by atoms with van der Waals surface area (Å²) in [6, 6.07) is 3.44. The van der Waals surface area contributed by atoms with E-state index in [4.69, 9.17) is 9.47 Å². The Morgan fingerprint density at radius 1 is 1.50 bits per heavy atom. The van der Waals surface area contributed by atoms with Gasteiger partial charge in [-0.05, 0) is 19.1 Å². The molecule has 0 saturated heterocycles. The maximum absolute atomic E-state index is 11.6. The van der Waals surface area contributed by atoms with Crippen molar-refractivity contribution in [3.05, 3.63) is 30.2 Å². The van der Waals surface area contributed by atoms with Crippen LogP contribution in [0.3, 0.4) is 0 Å². The second-order valence-electron chi connectivity index (χ2n) is 3.16. The molecule has 5 nitrogen and oxygen atoms in total. The van der Waals surface area contributed by atoms with Gasteiger partial charge < -0.3 is 9.47 Å². The summed E-state index contributed by atoms with van der Waals surface area (Å²) in [6.45, 7) is 2.12. The lowest BCUT2D eigenvalue weighted by Crippen LogP contribution is -2.08. The van der Waals surface area contributed by atoms with E-state index in [2.05, 4.69) is 4.98 Å². The predicted octanol–water partition coefficient (Wildman–Crippen LogP) is 1.52. The first-order valence-corrected chi connectivity index (χ1v) is 4.94. The molecule has 0 aromatic carbocycles. The third kappa shape index (κ3) is 1.71. The summed E-state index contributed by atoms with van der Waals surface area (Å²) in [5, 5.41) is 0. The molecule has 0 saturated carbocycles. The summed E-state index contributed by atoms with van der Waals surface area (Å²) in [5.41, 5.74) is 1.13. The zero-order chi connectivity index (χ0) is 11.5. The minimum absolute atomic E-state index is 0.351. The summed E-state index contributed by atoms with van der Waals surface area (Å²) in [5.74, 6) is 0.229. The van der Waals surface area contributed by atoms with Crippen LogP contribution in [0.5, 0.6) is 5.75 Å². The van der Waals surface area contributed by atoms with Gasteiger partial charge in [0, 0.05) is 0 Å². The van der Waals surface area contributed by atoms with Crippen LogP contribution in [0.25, 0.3) is 5.65 Å². The molecule has 16 heavy (non-hydrogen) atoms. The van der Waals surface area contributed by atoms with Gasteiger partial charge in [-0.3, -0.25) is 4.40 Å². The van der Waals surface area contributed by atoms with Crippen molar-refractivity contribution in [3.8, 4) is 5.75 Å². The van der Waals surface area contributed by atoms with Crippen LogP contribution >= 0.6 is 0 Å². The van der Waals surface area contributed by atoms with E-state index in [0.717, 1.165) is 0 Å². The molecule has 5 heteroatoms. The average Bonchev–Trinajstić information content (AvgIpc) is 2.71. The smallest absolute Gasteiger partial charge is 0.355 e. The molecule has 0 fully saturated rings. The molecule has 2 aromatic rings. The maximum Gasteiger partial charge on any atom is 0.355 e. The van der Waals surface area contributed by atoms with Gasteiger partial charge in [0.2, 0.25) is 0 Å². The van der Waals surface area contributed by atoms with Gasteiger partial charge in [0.05, 0.1) is 26.1 Å². The lowest BCUT2D eigenvalue weighted by Gasteiger charge is -2.04. The van der Waals surface area contributed by atoms with E-state index >= 15 is 0 Å². The Kier molecular flexibility index (Phi) is 2.76. The number of ether oxygens (including phenoxy) is 2. The van der Waals surface area contributed by atoms with Crippen LogP contribution in [0.2, 0.25) is 0 Å². The normalized spacial score (nSPS) is 10.4. The van der Waals surface area contributed by atoms with E-state index in [1.54, 1.807) is 43.0 Å². The van der Waals surface area contributed by atoms with Crippen molar-refractivity contribution in [3.63, 3.8) is 0 Å². The van der Waals surface area contributed by atoms with Crippen LogP contribution in [-0.4, -0.2) is 29.1 Å². The van der Waals surface area contributed by atoms with Crippen LogP contribution in [0.15, 0.2) is 24.5 Å². The number of aromatic nitrogens is 2. The fraction of sp³-hybridized carbons (Fsp3) is 0.273. The Balaban J connectivity index is 2.49. The highest BCUT2D eigenvalue weighted by atomic mass is 16.5. The van der Waals surface area contributed by atoms with Crippen LogP contribution in [0, 0.1) is 0 Å². The number of hydrogen-bond acceptors (Lipinski definition) is 4. The zero-order valence-electron chi connectivity index (χ0n) is 9.14. The van der Waals surface area contributed by atoms with Crippen LogP contribution < -0.4 is 4.74 Å². The van der Waals surface area contributed by atoms with E-state index in [9.17, 15) is 4.79 Å². The molecule has 0 spiro atoms. The first-order valence-electron chi connectivity index (χ1n) is 4.94. The average molecular weight is 220 g/mol. The monoisotopic (exact) mass is 220 g/mol. The van der Waals surface area contributed by atoms with Gasteiger partial charge in [0.25, 0.3) is 0 Å². The Hall–Kier alpha value is -2.04. The van der Waals surface area contributed by atoms with Crippen molar-refractivity contribution >= 4 is 11.6 Å². The van der Waals surface area contributed by atoms with Gasteiger partial charge >= 0.3 is 5.97 Å². The SMILES string of the molecule is CCOC(=O)c1ccc2ncc(OC)cn12. The first-order chi connectivity index (χ1) is 7.76. The third-order valence-corrected chi connectivity index (χ3v) is 2.20. The minimum Gasteiger partial charge on any atom is -0.494 e. The van der Waals surface area contributed by atoms with Gasteiger partial charge in [0.15, 0.2) is 5.75 Å². The number of fused-ring (bicyclic) bond motifs is 1. The maximum atomic E-state index is 11.6. The summed E-state index contributed by atoms with van der Waals surface area (Å²) >= 11 is 0. The summed E-state index contributed by atoms with van der Waals surface area (Å²) in [7, 11) is 1.55. The first kappa shape index (κ1) is 10.5. The quantitative estimate of drug-likeness (QED) is 0.736. The molecule has 0 amide bonds. The molecule has 84 valence electrons. The summed E-state index contributed by atoms with van der Waals surface area (Å²) in [6.07, 6.45) is 3.30. The van der Waals surface area contributed by atoms with Crippen LogP contribution in [0.1, 0.15) is 17.4 Å². The molecule has 0 unspecified atom stereocenters. The second-order valence-corrected chi connectivity index (χ2v) is 3.16. The van der Waals surface area contributed by atoms with Crippen LogP contribution in [0.4, 0.5) is 0 Å². The number of rotatable bonds is 3. The largest absolute Gasteiger partial charge is 0.494 e. The van der Waals surface area contributed by atoms with Crippen molar-refractivity contribution in [2.75, 3.05) is 13.7 Å².